The molecule has 2 heteroatoms. The van der Waals surface area contributed by atoms with Gasteiger partial charge in [0.2, 0.25) is 0 Å². The van der Waals surface area contributed by atoms with E-state index in [0.29, 0.717) is 0 Å². The van der Waals surface area contributed by atoms with Crippen molar-refractivity contribution in [2.45, 2.75) is 26.7 Å². The predicted molar refractivity (Wildman–Crippen MR) is 119 cm³/mol. The molecule has 30 heavy (non-hydrogen) atoms. The van der Waals surface area contributed by atoms with Crippen LogP contribution >= 0.6 is 0 Å². The van der Waals surface area contributed by atoms with Crippen LogP contribution in [0.15, 0.2) is 60.7 Å². The molecule has 0 saturated heterocycles. The molecule has 0 atom stereocenters. The molecule has 0 aliphatic rings. The van der Waals surface area contributed by atoms with E-state index in [1.807, 2.05) is 74.5 Å². The number of hydrogen-bond donors (Lipinski definition) is 0. The average molecular weight is 384 g/mol. The van der Waals surface area contributed by atoms with E-state index in [-0.39, 0.29) is 12.8 Å². The molecular formula is C28H20N2. The highest BCUT2D eigenvalue weighted by molar-refractivity contribution is 5.56. The summed E-state index contributed by atoms with van der Waals surface area (Å²) in [5.41, 5.74) is 7.37. The zero-order valence-corrected chi connectivity index (χ0v) is 17.1. The third-order valence-corrected chi connectivity index (χ3v) is 4.65. The van der Waals surface area contributed by atoms with Gasteiger partial charge in [0.05, 0.1) is 25.0 Å². The summed E-state index contributed by atoms with van der Waals surface area (Å²) in [5.74, 6) is 12.7. The molecule has 3 aromatic rings. The van der Waals surface area contributed by atoms with Gasteiger partial charge in [-0.2, -0.15) is 10.5 Å². The van der Waals surface area contributed by atoms with E-state index in [0.717, 1.165) is 33.4 Å². The quantitative estimate of drug-likeness (QED) is 0.568. The molecular weight excluding hydrogens is 364 g/mol. The smallest absolute Gasteiger partial charge is 0.0670 e. The van der Waals surface area contributed by atoms with Crippen molar-refractivity contribution in [3.8, 4) is 35.8 Å². The van der Waals surface area contributed by atoms with Crippen molar-refractivity contribution in [2.75, 3.05) is 0 Å². The standard InChI is InChI=1S/C28H20N2/c1-21-3-7-23(8-4-21)11-13-25-19-28(16-18-30)26(20-27(25)15-17-29)14-12-24-9-5-22(2)6-10-24/h3-10,19-20H,15-16H2,1-2H3. The fourth-order valence-corrected chi connectivity index (χ4v) is 2.94. The Hall–Kier alpha value is -4.24. The summed E-state index contributed by atoms with van der Waals surface area (Å²) < 4.78 is 0. The Morgan fingerprint density at radius 2 is 0.933 bits per heavy atom. The van der Waals surface area contributed by atoms with Crippen molar-refractivity contribution in [3.63, 3.8) is 0 Å². The van der Waals surface area contributed by atoms with Gasteiger partial charge in [0.1, 0.15) is 0 Å². The molecule has 3 rings (SSSR count). The summed E-state index contributed by atoms with van der Waals surface area (Å²) >= 11 is 0. The molecule has 142 valence electrons. The van der Waals surface area contributed by atoms with E-state index in [1.54, 1.807) is 0 Å². The third-order valence-electron chi connectivity index (χ3n) is 4.65. The maximum absolute atomic E-state index is 9.27. The van der Waals surface area contributed by atoms with E-state index >= 15 is 0 Å². The average Bonchev–Trinajstić information content (AvgIpc) is 2.75. The van der Waals surface area contributed by atoms with E-state index in [1.165, 1.54) is 11.1 Å². The van der Waals surface area contributed by atoms with Crippen LogP contribution < -0.4 is 0 Å². The second-order valence-corrected chi connectivity index (χ2v) is 7.07. The zero-order valence-electron chi connectivity index (χ0n) is 17.1. The van der Waals surface area contributed by atoms with Crippen molar-refractivity contribution >= 4 is 0 Å². The number of nitrogens with zero attached hydrogens (tertiary/aromatic N) is 2. The van der Waals surface area contributed by atoms with Crippen LogP contribution in [-0.4, -0.2) is 0 Å². The lowest BCUT2D eigenvalue weighted by Gasteiger charge is -2.07. The molecule has 0 N–H and O–H groups in total. The number of aryl methyl sites for hydroxylation is 2. The molecule has 2 nitrogen and oxygen atoms in total. The van der Waals surface area contributed by atoms with Crippen LogP contribution in [0.25, 0.3) is 0 Å². The largest absolute Gasteiger partial charge is 0.198 e. The first-order valence-electron chi connectivity index (χ1n) is 9.66. The summed E-state index contributed by atoms with van der Waals surface area (Å²) in [7, 11) is 0. The van der Waals surface area contributed by atoms with Gasteiger partial charge in [0.25, 0.3) is 0 Å². The Morgan fingerprint density at radius 1 is 0.567 bits per heavy atom. The van der Waals surface area contributed by atoms with Crippen molar-refractivity contribution in [3.05, 3.63) is 105 Å². The van der Waals surface area contributed by atoms with Crippen LogP contribution in [0.3, 0.4) is 0 Å². The molecule has 0 unspecified atom stereocenters. The fraction of sp³-hybridized carbons (Fsp3) is 0.143. The molecule has 0 heterocycles. The number of rotatable bonds is 2. The molecule has 0 aliphatic carbocycles. The molecule has 0 spiro atoms. The highest BCUT2D eigenvalue weighted by Crippen LogP contribution is 2.18. The highest BCUT2D eigenvalue weighted by Gasteiger charge is 2.08. The minimum Gasteiger partial charge on any atom is -0.198 e. The van der Waals surface area contributed by atoms with Crippen LogP contribution in [0.5, 0.6) is 0 Å². The summed E-state index contributed by atoms with van der Waals surface area (Å²) in [5, 5.41) is 18.5. The zero-order chi connectivity index (χ0) is 21.3. The van der Waals surface area contributed by atoms with Gasteiger partial charge in [-0.05, 0) is 61.4 Å². The van der Waals surface area contributed by atoms with Crippen LogP contribution in [0, 0.1) is 60.2 Å². The lowest BCUT2D eigenvalue weighted by molar-refractivity contribution is 1.19. The highest BCUT2D eigenvalue weighted by atomic mass is 14.2. The summed E-state index contributed by atoms with van der Waals surface area (Å²) in [4.78, 5) is 0. The van der Waals surface area contributed by atoms with E-state index in [9.17, 15) is 10.5 Å². The van der Waals surface area contributed by atoms with E-state index in [4.69, 9.17) is 0 Å². The Balaban J connectivity index is 2.04. The minimum absolute atomic E-state index is 0.240. The van der Waals surface area contributed by atoms with Crippen molar-refractivity contribution in [1.29, 1.82) is 10.5 Å². The first kappa shape index (κ1) is 20.5. The monoisotopic (exact) mass is 384 g/mol. The Bertz CT molecular complexity index is 1150. The normalized spacial score (nSPS) is 9.33. The molecule has 0 saturated carbocycles. The Kier molecular flexibility index (Phi) is 6.70. The van der Waals surface area contributed by atoms with Crippen LogP contribution in [0.2, 0.25) is 0 Å². The summed E-state index contributed by atoms with van der Waals surface area (Å²) in [6.45, 7) is 4.07. The van der Waals surface area contributed by atoms with Gasteiger partial charge in [-0.25, -0.2) is 0 Å². The van der Waals surface area contributed by atoms with Gasteiger partial charge in [0.15, 0.2) is 0 Å². The molecule has 3 aromatic carbocycles. The maximum Gasteiger partial charge on any atom is 0.0670 e. The van der Waals surface area contributed by atoms with Gasteiger partial charge in [-0.1, -0.05) is 59.1 Å². The second-order valence-electron chi connectivity index (χ2n) is 7.07. The molecule has 0 fully saturated rings. The second kappa shape index (κ2) is 9.80. The maximum atomic E-state index is 9.27. The molecule has 0 aliphatic heterocycles. The van der Waals surface area contributed by atoms with Gasteiger partial charge in [0, 0.05) is 22.3 Å². The van der Waals surface area contributed by atoms with Gasteiger partial charge in [-0.3, -0.25) is 0 Å². The number of benzene rings is 3. The topological polar surface area (TPSA) is 47.6 Å². The van der Waals surface area contributed by atoms with Crippen LogP contribution in [-0.2, 0) is 12.8 Å². The van der Waals surface area contributed by atoms with Gasteiger partial charge < -0.3 is 0 Å². The predicted octanol–water partition coefficient (Wildman–Crippen LogP) is 5.24. The van der Waals surface area contributed by atoms with E-state index < -0.39 is 0 Å². The van der Waals surface area contributed by atoms with Gasteiger partial charge in [-0.15, -0.1) is 0 Å². The number of hydrogen-bond acceptors (Lipinski definition) is 2. The SMILES string of the molecule is Cc1ccc(C#Cc2cc(CC#N)c(C#Cc3ccc(C)cc3)cc2CC#N)cc1. The summed E-state index contributed by atoms with van der Waals surface area (Å²) in [6.07, 6.45) is 0.480. The Labute approximate surface area is 178 Å². The molecule has 0 radical (unpaired) electrons. The first-order chi connectivity index (χ1) is 14.6. The van der Waals surface area contributed by atoms with Gasteiger partial charge >= 0.3 is 0 Å². The molecule has 0 aromatic heterocycles. The molecule has 0 amide bonds. The minimum atomic E-state index is 0.240. The third kappa shape index (κ3) is 5.40. The fourth-order valence-electron chi connectivity index (χ4n) is 2.94. The Morgan fingerprint density at radius 3 is 1.27 bits per heavy atom. The van der Waals surface area contributed by atoms with Crippen LogP contribution in [0.1, 0.15) is 44.5 Å². The summed E-state index contributed by atoms with van der Waals surface area (Å²) in [6, 6.07) is 24.2. The number of nitriles is 2. The van der Waals surface area contributed by atoms with Crippen molar-refractivity contribution in [1.82, 2.24) is 0 Å². The first-order valence-corrected chi connectivity index (χ1v) is 9.66. The lowest BCUT2D eigenvalue weighted by Crippen LogP contribution is -1.97. The molecule has 0 bridgehead atoms. The van der Waals surface area contributed by atoms with Crippen molar-refractivity contribution in [2.24, 2.45) is 0 Å². The van der Waals surface area contributed by atoms with E-state index in [2.05, 4.69) is 35.8 Å². The van der Waals surface area contributed by atoms with Crippen molar-refractivity contribution < 1.29 is 0 Å². The van der Waals surface area contributed by atoms with Crippen LogP contribution in [0.4, 0.5) is 0 Å². The lowest BCUT2D eigenvalue weighted by atomic mass is 9.95.